The number of hydrogen-bond donors (Lipinski definition) is 1. The maximum absolute atomic E-state index is 12.7. The highest BCUT2D eigenvalue weighted by molar-refractivity contribution is 7.16. The molecule has 126 valence electrons. The van der Waals surface area contributed by atoms with Gasteiger partial charge < -0.3 is 10.2 Å². The monoisotopic (exact) mass is 334 g/mol. The summed E-state index contributed by atoms with van der Waals surface area (Å²) in [5.41, 5.74) is 1.69. The van der Waals surface area contributed by atoms with Crippen molar-refractivity contribution in [1.29, 1.82) is 0 Å². The van der Waals surface area contributed by atoms with Crippen LogP contribution in [0.4, 0.5) is 5.00 Å². The lowest BCUT2D eigenvalue weighted by atomic mass is 10.0. The van der Waals surface area contributed by atoms with Gasteiger partial charge in [0.2, 0.25) is 5.91 Å². The summed E-state index contributed by atoms with van der Waals surface area (Å²) in [4.78, 5) is 28.4. The van der Waals surface area contributed by atoms with Gasteiger partial charge in [0, 0.05) is 23.9 Å². The fourth-order valence-corrected chi connectivity index (χ4v) is 4.74. The van der Waals surface area contributed by atoms with E-state index in [-0.39, 0.29) is 28.6 Å². The molecule has 0 atom stereocenters. The van der Waals surface area contributed by atoms with Gasteiger partial charge in [0.25, 0.3) is 5.91 Å². The molecule has 0 spiro atoms. The highest BCUT2D eigenvalue weighted by Gasteiger charge is 2.68. The molecule has 0 bridgehead atoms. The molecular formula is C18H26N2O2S. The first-order chi connectivity index (χ1) is 10.6. The number of likely N-dealkylation sites (tertiary alicyclic amines) is 1. The molecule has 0 aromatic carbocycles. The molecule has 2 fully saturated rings. The first kappa shape index (κ1) is 16.5. The molecule has 0 radical (unpaired) electrons. The Morgan fingerprint density at radius 1 is 1.13 bits per heavy atom. The molecule has 5 heteroatoms. The predicted octanol–water partition coefficient (Wildman–Crippen LogP) is 3.83. The number of amides is 2. The topological polar surface area (TPSA) is 49.4 Å². The molecule has 2 aliphatic rings. The Morgan fingerprint density at radius 2 is 1.70 bits per heavy atom. The Bertz CT molecular complexity index is 669. The molecule has 2 heterocycles. The number of nitrogens with zero attached hydrogens (tertiary/aromatic N) is 1. The summed E-state index contributed by atoms with van der Waals surface area (Å²) in [5.74, 6) is 0.0892. The van der Waals surface area contributed by atoms with Crippen LogP contribution < -0.4 is 5.32 Å². The van der Waals surface area contributed by atoms with E-state index in [0.29, 0.717) is 5.56 Å². The quantitative estimate of drug-likeness (QED) is 0.913. The van der Waals surface area contributed by atoms with Crippen LogP contribution in [-0.4, -0.2) is 29.8 Å². The Balaban J connectivity index is 1.85. The van der Waals surface area contributed by atoms with Crippen LogP contribution in [0.1, 0.15) is 54.9 Å². The minimum absolute atomic E-state index is 0.0000762. The lowest BCUT2D eigenvalue weighted by Gasteiger charge is -2.31. The Morgan fingerprint density at radius 3 is 2.13 bits per heavy atom. The number of hydrogen-bond acceptors (Lipinski definition) is 3. The van der Waals surface area contributed by atoms with E-state index in [1.54, 1.807) is 0 Å². The molecule has 1 aromatic heterocycles. The van der Waals surface area contributed by atoms with E-state index in [2.05, 4.69) is 33.0 Å². The molecule has 0 unspecified atom stereocenters. The van der Waals surface area contributed by atoms with Crippen LogP contribution >= 0.6 is 11.3 Å². The van der Waals surface area contributed by atoms with Gasteiger partial charge >= 0.3 is 0 Å². The van der Waals surface area contributed by atoms with E-state index in [1.165, 1.54) is 11.3 Å². The molecular weight excluding hydrogens is 308 g/mol. The fraction of sp³-hybridized carbons (Fsp3) is 0.667. The maximum atomic E-state index is 12.7. The number of aryl methyl sites for hydroxylation is 1. The molecule has 1 N–H and O–H groups in total. The summed E-state index contributed by atoms with van der Waals surface area (Å²) in [7, 11) is 0. The van der Waals surface area contributed by atoms with Crippen molar-refractivity contribution < 1.29 is 9.59 Å². The summed E-state index contributed by atoms with van der Waals surface area (Å²) < 4.78 is 0. The number of nitrogens with one attached hydrogen (secondary N) is 1. The van der Waals surface area contributed by atoms with Crippen molar-refractivity contribution in [2.24, 2.45) is 16.7 Å². The van der Waals surface area contributed by atoms with Gasteiger partial charge in [0.05, 0.1) is 5.56 Å². The van der Waals surface area contributed by atoms with Crippen molar-refractivity contribution >= 4 is 28.2 Å². The zero-order valence-corrected chi connectivity index (χ0v) is 15.7. The van der Waals surface area contributed by atoms with Gasteiger partial charge in [-0.2, -0.15) is 0 Å². The van der Waals surface area contributed by atoms with E-state index in [0.717, 1.165) is 35.0 Å². The lowest BCUT2D eigenvalue weighted by Crippen LogP contribution is -2.42. The minimum Gasteiger partial charge on any atom is -0.338 e. The van der Waals surface area contributed by atoms with Gasteiger partial charge in [-0.05, 0) is 36.7 Å². The third-order valence-corrected chi connectivity index (χ3v) is 7.38. The molecule has 1 aliphatic heterocycles. The summed E-state index contributed by atoms with van der Waals surface area (Å²) in [6, 6.07) is 0. The van der Waals surface area contributed by atoms with E-state index < -0.39 is 0 Å². The van der Waals surface area contributed by atoms with Crippen LogP contribution in [0, 0.1) is 30.6 Å². The van der Waals surface area contributed by atoms with Gasteiger partial charge in [0.1, 0.15) is 5.00 Å². The summed E-state index contributed by atoms with van der Waals surface area (Å²) >= 11 is 1.52. The molecule has 4 nitrogen and oxygen atoms in total. The molecule has 1 saturated carbocycles. The first-order valence-electron chi connectivity index (χ1n) is 8.29. The predicted molar refractivity (Wildman–Crippen MR) is 94.0 cm³/mol. The van der Waals surface area contributed by atoms with Crippen LogP contribution in [-0.2, 0) is 4.79 Å². The average molecular weight is 334 g/mol. The third kappa shape index (κ3) is 2.32. The first-order valence-corrected chi connectivity index (χ1v) is 9.11. The fourth-order valence-electron chi connectivity index (χ4n) is 3.69. The maximum Gasteiger partial charge on any atom is 0.257 e. The van der Waals surface area contributed by atoms with Crippen molar-refractivity contribution in [3.63, 3.8) is 0 Å². The average Bonchev–Trinajstić information content (AvgIpc) is 2.60. The number of thiophene rings is 1. The number of carbonyl (C=O) groups excluding carboxylic acids is 2. The standard InChI is InChI=1S/C18H26N2O2S/c1-10-11(2)23-15(12(10)16(22)20-8-7-9-20)19-14(21)13-17(3,4)18(13,5)6/h13H,7-9H2,1-6H3,(H,19,21). The van der Waals surface area contributed by atoms with Crippen LogP contribution in [0.5, 0.6) is 0 Å². The van der Waals surface area contributed by atoms with Crippen molar-refractivity contribution in [2.75, 3.05) is 18.4 Å². The smallest absolute Gasteiger partial charge is 0.257 e. The Hall–Kier alpha value is -1.36. The molecule has 2 amide bonds. The van der Waals surface area contributed by atoms with Crippen LogP contribution in [0.2, 0.25) is 0 Å². The Kier molecular flexibility index (Phi) is 3.63. The normalized spacial score (nSPS) is 21.7. The van der Waals surface area contributed by atoms with Gasteiger partial charge in [-0.3, -0.25) is 9.59 Å². The van der Waals surface area contributed by atoms with Gasteiger partial charge in [-0.15, -0.1) is 11.3 Å². The van der Waals surface area contributed by atoms with Gasteiger partial charge in [-0.25, -0.2) is 0 Å². The summed E-state index contributed by atoms with van der Waals surface area (Å²) in [6.45, 7) is 14.2. The van der Waals surface area contributed by atoms with E-state index in [4.69, 9.17) is 0 Å². The van der Waals surface area contributed by atoms with Crippen molar-refractivity contribution in [3.05, 3.63) is 16.0 Å². The van der Waals surface area contributed by atoms with Crippen molar-refractivity contribution in [3.8, 4) is 0 Å². The largest absolute Gasteiger partial charge is 0.338 e. The second kappa shape index (κ2) is 5.07. The van der Waals surface area contributed by atoms with E-state index in [1.807, 2.05) is 18.7 Å². The number of rotatable bonds is 3. The zero-order chi connectivity index (χ0) is 17.2. The second-order valence-electron chi connectivity index (χ2n) is 8.00. The molecule has 1 aliphatic carbocycles. The van der Waals surface area contributed by atoms with Crippen LogP contribution in [0.25, 0.3) is 0 Å². The van der Waals surface area contributed by atoms with Gasteiger partial charge in [0.15, 0.2) is 0 Å². The summed E-state index contributed by atoms with van der Waals surface area (Å²) in [6.07, 6.45) is 1.07. The van der Waals surface area contributed by atoms with Crippen LogP contribution in [0.15, 0.2) is 0 Å². The lowest BCUT2D eigenvalue weighted by molar-refractivity contribution is -0.118. The third-order valence-electron chi connectivity index (χ3n) is 6.26. The summed E-state index contributed by atoms with van der Waals surface area (Å²) in [5, 5.41) is 3.78. The van der Waals surface area contributed by atoms with E-state index in [9.17, 15) is 9.59 Å². The van der Waals surface area contributed by atoms with Crippen molar-refractivity contribution in [1.82, 2.24) is 4.90 Å². The minimum atomic E-state index is -0.00956. The molecule has 3 rings (SSSR count). The van der Waals surface area contributed by atoms with Gasteiger partial charge in [-0.1, -0.05) is 27.7 Å². The Labute approximate surface area is 142 Å². The van der Waals surface area contributed by atoms with E-state index >= 15 is 0 Å². The second-order valence-corrected chi connectivity index (χ2v) is 9.22. The SMILES string of the molecule is Cc1sc(NC(=O)C2C(C)(C)C2(C)C)c(C(=O)N2CCC2)c1C. The highest BCUT2D eigenvalue weighted by Crippen LogP contribution is 2.68. The van der Waals surface area contributed by atoms with Crippen LogP contribution in [0.3, 0.4) is 0 Å². The number of carbonyl (C=O) groups is 2. The highest BCUT2D eigenvalue weighted by atomic mass is 32.1. The molecule has 23 heavy (non-hydrogen) atoms. The molecule has 1 saturated heterocycles. The zero-order valence-electron chi connectivity index (χ0n) is 14.9. The van der Waals surface area contributed by atoms with Crippen molar-refractivity contribution in [2.45, 2.75) is 48.0 Å². The molecule has 1 aromatic rings. The number of anilines is 1.